The monoisotopic (exact) mass is 217 g/mol. The molecule has 0 amide bonds. The molecule has 0 saturated heterocycles. The molecule has 0 heterocycles. The maximum Gasteiger partial charge on any atom is 0.323 e. The summed E-state index contributed by atoms with van der Waals surface area (Å²) in [5.74, 6) is -2.84. The maximum atomic E-state index is 12.1. The van der Waals surface area contributed by atoms with E-state index in [-0.39, 0.29) is 18.0 Å². The van der Waals surface area contributed by atoms with Crippen LogP contribution in [0.1, 0.15) is 22.4 Å². The molecule has 0 saturated carbocycles. The maximum absolute atomic E-state index is 12.1. The summed E-state index contributed by atoms with van der Waals surface area (Å²) in [5, 5.41) is 0. The third-order valence-corrected chi connectivity index (χ3v) is 2.38. The zero-order valence-corrected chi connectivity index (χ0v) is 7.83. The topological polar surface area (TPSA) is 52.6 Å². The summed E-state index contributed by atoms with van der Waals surface area (Å²) in [5.41, 5.74) is -1.92. The predicted octanol–water partition coefficient (Wildman–Crippen LogP) is 1.23. The molecule has 1 aliphatic rings. The summed E-state index contributed by atoms with van der Waals surface area (Å²) in [7, 11) is -6.18. The molecule has 0 radical (unpaired) electrons. The second kappa shape index (κ2) is 4.29. The lowest BCUT2D eigenvalue weighted by atomic mass is 9.84. The van der Waals surface area contributed by atoms with Gasteiger partial charge in [-0.05, 0) is 12.8 Å². The van der Waals surface area contributed by atoms with Crippen molar-refractivity contribution in [3.05, 3.63) is 24.3 Å². The first-order valence-corrected chi connectivity index (χ1v) is 4.09. The van der Waals surface area contributed by atoms with E-state index in [0.29, 0.717) is 0 Å². The average Bonchev–Trinajstić information content (AvgIpc) is 2.70. The Balaban J connectivity index is 3.11. The molecule has 0 N–H and O–H groups in total. The first-order valence-electron chi connectivity index (χ1n) is 7.59. The van der Waals surface area contributed by atoms with Crippen LogP contribution in [0, 0.1) is 5.41 Å². The third-order valence-electron chi connectivity index (χ3n) is 2.38. The van der Waals surface area contributed by atoms with Crippen LogP contribution in [-0.2, 0) is 19.1 Å². The lowest BCUT2D eigenvalue weighted by molar-refractivity contribution is -0.168. The Morgan fingerprint density at radius 2 is 2.20 bits per heavy atom. The zero-order chi connectivity index (χ0) is 17.3. The summed E-state index contributed by atoms with van der Waals surface area (Å²) in [6.45, 7) is 3.34. The van der Waals surface area contributed by atoms with Crippen molar-refractivity contribution in [2.75, 3.05) is 14.1 Å². The van der Waals surface area contributed by atoms with Gasteiger partial charge >= 0.3 is 11.9 Å². The minimum Gasteiger partial charge on any atom is -0.468 e. The molecule has 0 atom stereocenters. The number of esters is 2. The molecular weight excluding hydrogens is 196 g/mol. The molecule has 0 aromatic heterocycles. The van der Waals surface area contributed by atoms with E-state index in [1.807, 2.05) is 0 Å². The second-order valence-electron chi connectivity index (χ2n) is 3.15. The van der Waals surface area contributed by atoms with Gasteiger partial charge in [0.15, 0.2) is 5.41 Å². The van der Waals surface area contributed by atoms with Crippen LogP contribution in [-0.4, -0.2) is 26.0 Å². The standard InChI is InChI=1S/C11H14O4/c1-4-8-5-6-11(7-8,9(12)14-2)10(13)15-3/h4-5H,1,6-7H2,2-3H3/i2D3,3D3,4D. The molecule has 0 aliphatic heterocycles. The van der Waals surface area contributed by atoms with Gasteiger partial charge in [-0.15, -0.1) is 0 Å². The summed E-state index contributed by atoms with van der Waals surface area (Å²) < 4.78 is 57.4. The molecule has 4 nitrogen and oxygen atoms in total. The fourth-order valence-electron chi connectivity index (χ4n) is 1.49. The zero-order valence-electron chi connectivity index (χ0n) is 14.8. The molecule has 4 heteroatoms. The summed E-state index contributed by atoms with van der Waals surface area (Å²) >= 11 is 0. The SMILES string of the molecule is [2H]C(=C)C1=CCC(C(=O)OC([2H])([2H])[2H])(C(=O)OC([2H])([2H])[2H])C1. The quantitative estimate of drug-likeness (QED) is 0.527. The van der Waals surface area contributed by atoms with Crippen molar-refractivity contribution in [2.45, 2.75) is 12.8 Å². The van der Waals surface area contributed by atoms with E-state index in [0.717, 1.165) is 0 Å². The largest absolute Gasteiger partial charge is 0.468 e. The first-order chi connectivity index (χ1) is 9.77. The molecule has 0 unspecified atom stereocenters. The van der Waals surface area contributed by atoms with Gasteiger partial charge in [-0.2, -0.15) is 0 Å². The molecule has 15 heavy (non-hydrogen) atoms. The molecule has 0 aromatic carbocycles. The number of carbonyl (C=O) groups excluding carboxylic acids is 2. The molecule has 1 aliphatic carbocycles. The van der Waals surface area contributed by atoms with Crippen molar-refractivity contribution in [3.63, 3.8) is 0 Å². The Morgan fingerprint density at radius 3 is 2.60 bits per heavy atom. The van der Waals surface area contributed by atoms with Crippen LogP contribution in [0.4, 0.5) is 0 Å². The van der Waals surface area contributed by atoms with Crippen molar-refractivity contribution in [1.82, 2.24) is 0 Å². The fraction of sp³-hybridized carbons (Fsp3) is 0.455. The number of ether oxygens (including phenoxy) is 2. The number of methoxy groups -OCH3 is 2. The minimum absolute atomic E-state index is 0.176. The van der Waals surface area contributed by atoms with Crippen molar-refractivity contribution in [2.24, 2.45) is 5.41 Å². The van der Waals surface area contributed by atoms with Gasteiger partial charge in [-0.25, -0.2) is 0 Å². The Bertz CT molecular complexity index is 502. The van der Waals surface area contributed by atoms with E-state index < -0.39 is 37.9 Å². The smallest absolute Gasteiger partial charge is 0.323 e. The Hall–Kier alpha value is -1.58. The van der Waals surface area contributed by atoms with Crippen molar-refractivity contribution >= 4 is 11.9 Å². The Morgan fingerprint density at radius 1 is 1.60 bits per heavy atom. The third kappa shape index (κ3) is 1.79. The average molecular weight is 217 g/mol. The van der Waals surface area contributed by atoms with E-state index in [1.165, 1.54) is 6.08 Å². The normalized spacial score (nSPS) is 26.4. The molecular formula is C11H14O4. The van der Waals surface area contributed by atoms with Gasteiger partial charge in [0.1, 0.15) is 0 Å². The highest BCUT2D eigenvalue weighted by molar-refractivity contribution is 6.01. The highest BCUT2D eigenvalue weighted by Crippen LogP contribution is 2.40. The van der Waals surface area contributed by atoms with E-state index in [4.69, 9.17) is 9.60 Å². The highest BCUT2D eigenvalue weighted by Gasteiger charge is 2.50. The summed E-state index contributed by atoms with van der Waals surface area (Å²) in [6, 6.07) is -0.176. The minimum atomic E-state index is -3.09. The van der Waals surface area contributed by atoms with Crippen LogP contribution < -0.4 is 0 Å². The Kier molecular flexibility index (Phi) is 1.42. The van der Waals surface area contributed by atoms with E-state index >= 15 is 0 Å². The molecule has 1 rings (SSSR count). The summed E-state index contributed by atoms with van der Waals surface area (Å²) in [4.78, 5) is 24.2. The predicted molar refractivity (Wildman–Crippen MR) is 54.0 cm³/mol. The molecule has 0 spiro atoms. The molecule has 82 valence electrons. The number of allylic oxidation sites excluding steroid dienone is 3. The van der Waals surface area contributed by atoms with Gasteiger partial charge in [0, 0.05) is 0 Å². The van der Waals surface area contributed by atoms with Crippen LogP contribution in [0.25, 0.3) is 0 Å². The molecule has 0 fully saturated rings. The van der Waals surface area contributed by atoms with Crippen LogP contribution in [0.15, 0.2) is 24.3 Å². The highest BCUT2D eigenvalue weighted by atomic mass is 16.5. The second-order valence-corrected chi connectivity index (χ2v) is 3.15. The molecule has 0 bridgehead atoms. The van der Waals surface area contributed by atoms with Crippen molar-refractivity contribution in [3.8, 4) is 0 Å². The van der Waals surface area contributed by atoms with E-state index in [9.17, 15) is 9.59 Å². The lowest BCUT2D eigenvalue weighted by Gasteiger charge is -2.22. The van der Waals surface area contributed by atoms with Crippen LogP contribution in [0.5, 0.6) is 0 Å². The van der Waals surface area contributed by atoms with Crippen LogP contribution in [0.2, 0.25) is 0 Å². The van der Waals surface area contributed by atoms with Crippen LogP contribution >= 0.6 is 0 Å². The van der Waals surface area contributed by atoms with Gasteiger partial charge < -0.3 is 9.47 Å². The number of rotatable bonds is 3. The van der Waals surface area contributed by atoms with Gasteiger partial charge in [0.25, 0.3) is 0 Å². The van der Waals surface area contributed by atoms with Crippen LogP contribution in [0.3, 0.4) is 0 Å². The van der Waals surface area contributed by atoms with Gasteiger partial charge in [0.2, 0.25) is 0 Å². The summed E-state index contributed by atoms with van der Waals surface area (Å²) in [6.07, 6.45) is 0.597. The molecule has 0 aromatic rings. The Labute approximate surface area is 98.4 Å². The van der Waals surface area contributed by atoms with E-state index in [2.05, 4.69) is 16.1 Å². The van der Waals surface area contributed by atoms with Gasteiger partial charge in [0.05, 0.1) is 23.7 Å². The first kappa shape index (κ1) is 4.96. The van der Waals surface area contributed by atoms with Gasteiger partial charge in [-0.1, -0.05) is 24.3 Å². The lowest BCUT2D eigenvalue weighted by Crippen LogP contribution is -2.39. The fourth-order valence-corrected chi connectivity index (χ4v) is 1.49. The number of carbonyl (C=O) groups is 2. The number of hydrogen-bond donors (Lipinski definition) is 0. The van der Waals surface area contributed by atoms with Crippen molar-refractivity contribution in [1.29, 1.82) is 0 Å². The number of hydrogen-bond acceptors (Lipinski definition) is 4. The van der Waals surface area contributed by atoms with Gasteiger partial charge in [-0.3, -0.25) is 9.59 Å². The van der Waals surface area contributed by atoms with Crippen molar-refractivity contribution < 1.29 is 28.7 Å². The van der Waals surface area contributed by atoms with E-state index in [1.54, 1.807) is 0 Å².